The van der Waals surface area contributed by atoms with E-state index in [2.05, 4.69) is 9.97 Å². The smallest absolute Gasteiger partial charge is 0.316 e. The molecule has 0 radical (unpaired) electrons. The predicted molar refractivity (Wildman–Crippen MR) is 78.6 cm³/mol. The number of carbonyl (C=O) groups excluding carboxylic acids is 1. The first-order chi connectivity index (χ1) is 11.4. The topological polar surface area (TPSA) is 64.6 Å². The van der Waals surface area contributed by atoms with Crippen LogP contribution in [0, 0.1) is 5.92 Å². The van der Waals surface area contributed by atoms with Gasteiger partial charge in [-0.05, 0) is 6.07 Å². The molecule has 1 spiro atoms. The van der Waals surface area contributed by atoms with Gasteiger partial charge in [-0.2, -0.15) is 0 Å². The van der Waals surface area contributed by atoms with Crippen molar-refractivity contribution >= 4 is 5.91 Å². The number of amides is 1. The van der Waals surface area contributed by atoms with Gasteiger partial charge < -0.3 is 14.4 Å². The summed E-state index contributed by atoms with van der Waals surface area (Å²) in [7, 11) is 0. The molecule has 2 saturated heterocycles. The van der Waals surface area contributed by atoms with Gasteiger partial charge in [0.05, 0.1) is 19.7 Å². The number of carbonyl (C=O) groups is 1. The second-order valence-corrected chi connectivity index (χ2v) is 6.95. The molecule has 1 aromatic rings. The number of ether oxygens (including phenoxy) is 2. The Kier molecular flexibility index (Phi) is 3.67. The first-order valence-electron chi connectivity index (χ1n) is 8.19. The van der Waals surface area contributed by atoms with Gasteiger partial charge in [0, 0.05) is 44.0 Å². The molecule has 1 aromatic heterocycles. The summed E-state index contributed by atoms with van der Waals surface area (Å²) in [4.78, 5) is 21.9. The minimum atomic E-state index is -2.67. The van der Waals surface area contributed by atoms with Gasteiger partial charge in [-0.1, -0.05) is 0 Å². The van der Waals surface area contributed by atoms with Crippen LogP contribution < -0.4 is 4.74 Å². The molecule has 1 amide bonds. The van der Waals surface area contributed by atoms with Crippen molar-refractivity contribution < 1.29 is 23.0 Å². The van der Waals surface area contributed by atoms with Gasteiger partial charge in [-0.15, -0.1) is 0 Å². The lowest BCUT2D eigenvalue weighted by molar-refractivity contribution is -0.204. The van der Waals surface area contributed by atoms with Gasteiger partial charge in [0.25, 0.3) is 0 Å². The first-order valence-corrected chi connectivity index (χ1v) is 8.19. The molecule has 130 valence electrons. The molecule has 3 fully saturated rings. The summed E-state index contributed by atoms with van der Waals surface area (Å²) in [6.45, 7) is 1.44. The lowest BCUT2D eigenvalue weighted by Crippen LogP contribution is -2.69. The molecule has 1 atom stereocenters. The van der Waals surface area contributed by atoms with Gasteiger partial charge in [-0.25, -0.2) is 18.7 Å². The third kappa shape index (κ3) is 2.94. The number of nitrogens with zero attached hydrogens (tertiary/aromatic N) is 3. The van der Waals surface area contributed by atoms with E-state index in [-0.39, 0.29) is 24.9 Å². The second-order valence-electron chi connectivity index (χ2n) is 6.95. The number of aromatic nitrogens is 2. The van der Waals surface area contributed by atoms with E-state index in [4.69, 9.17) is 9.47 Å². The second kappa shape index (κ2) is 5.61. The summed E-state index contributed by atoms with van der Waals surface area (Å²) >= 11 is 0. The predicted octanol–water partition coefficient (Wildman–Crippen LogP) is 1.66. The molecule has 0 bridgehead atoms. The van der Waals surface area contributed by atoms with Crippen molar-refractivity contribution in [3.63, 3.8) is 0 Å². The van der Waals surface area contributed by atoms with Crippen LogP contribution in [0.3, 0.4) is 0 Å². The van der Waals surface area contributed by atoms with Crippen LogP contribution in [0.25, 0.3) is 0 Å². The third-order valence-electron chi connectivity index (χ3n) is 4.97. The minimum absolute atomic E-state index is 0.0635. The van der Waals surface area contributed by atoms with E-state index in [1.807, 2.05) is 0 Å². The molecule has 0 N–H and O–H groups in total. The van der Waals surface area contributed by atoms with Crippen LogP contribution in [-0.2, 0) is 9.53 Å². The molecular formula is C16H19F2N3O3. The van der Waals surface area contributed by atoms with E-state index in [0.717, 1.165) is 6.42 Å². The van der Waals surface area contributed by atoms with Crippen molar-refractivity contribution in [2.45, 2.75) is 43.3 Å². The fraction of sp³-hybridized carbons (Fsp3) is 0.688. The van der Waals surface area contributed by atoms with Gasteiger partial charge >= 0.3 is 6.01 Å². The van der Waals surface area contributed by atoms with Crippen LogP contribution in [-0.4, -0.2) is 58.1 Å². The van der Waals surface area contributed by atoms with Crippen LogP contribution in [0.2, 0.25) is 0 Å². The molecule has 0 unspecified atom stereocenters. The van der Waals surface area contributed by atoms with E-state index in [0.29, 0.717) is 32.1 Å². The number of likely N-dealkylation sites (tertiary alicyclic amines) is 1. The van der Waals surface area contributed by atoms with Crippen molar-refractivity contribution in [1.82, 2.24) is 14.9 Å². The zero-order chi connectivity index (χ0) is 16.8. The number of halogens is 2. The standard InChI is InChI=1S/C16H19F2N3O3/c17-16(18)6-11(7-16)13(22)21-9-15(10-21)8-12(2-5-23-15)24-14-19-3-1-4-20-14/h1,3-4,11-12H,2,5-10H2/t12-/m0/s1. The van der Waals surface area contributed by atoms with Crippen molar-refractivity contribution in [2.75, 3.05) is 19.7 Å². The minimum Gasteiger partial charge on any atom is -0.460 e. The Bertz CT molecular complexity index is 614. The summed E-state index contributed by atoms with van der Waals surface area (Å²) in [5, 5.41) is 0. The molecule has 24 heavy (non-hydrogen) atoms. The average molecular weight is 339 g/mol. The van der Waals surface area contributed by atoms with Crippen molar-refractivity contribution in [2.24, 2.45) is 5.92 Å². The Balaban J connectivity index is 1.30. The SMILES string of the molecule is O=C(C1CC(F)(F)C1)N1CC2(C[C@@H](Oc3ncccn3)CCO2)C1. The van der Waals surface area contributed by atoms with Crippen LogP contribution in [0.4, 0.5) is 8.78 Å². The first kappa shape index (κ1) is 15.7. The molecule has 2 aliphatic heterocycles. The number of rotatable bonds is 3. The lowest BCUT2D eigenvalue weighted by Gasteiger charge is -2.54. The zero-order valence-corrected chi connectivity index (χ0v) is 13.2. The van der Waals surface area contributed by atoms with Crippen molar-refractivity contribution in [3.8, 4) is 6.01 Å². The molecule has 6 nitrogen and oxygen atoms in total. The zero-order valence-electron chi connectivity index (χ0n) is 13.2. The molecule has 4 rings (SSSR count). The Morgan fingerprint density at radius 1 is 1.25 bits per heavy atom. The van der Waals surface area contributed by atoms with Gasteiger partial charge in [0.15, 0.2) is 0 Å². The van der Waals surface area contributed by atoms with E-state index in [1.165, 1.54) is 0 Å². The highest BCUT2D eigenvalue weighted by molar-refractivity contribution is 5.81. The highest BCUT2D eigenvalue weighted by Crippen LogP contribution is 2.45. The van der Waals surface area contributed by atoms with Crippen molar-refractivity contribution in [1.29, 1.82) is 0 Å². The highest BCUT2D eigenvalue weighted by atomic mass is 19.3. The van der Waals surface area contributed by atoms with Crippen molar-refractivity contribution in [3.05, 3.63) is 18.5 Å². The molecule has 3 aliphatic rings. The maximum Gasteiger partial charge on any atom is 0.316 e. The summed E-state index contributed by atoms with van der Waals surface area (Å²) < 4.78 is 37.5. The van der Waals surface area contributed by atoms with Crippen LogP contribution in [0.5, 0.6) is 6.01 Å². The fourth-order valence-corrected chi connectivity index (χ4v) is 3.70. The average Bonchev–Trinajstić information content (AvgIpc) is 2.51. The summed E-state index contributed by atoms with van der Waals surface area (Å²) in [5.74, 6) is -3.38. The summed E-state index contributed by atoms with van der Waals surface area (Å²) in [5.41, 5.74) is -0.417. The van der Waals surface area contributed by atoms with Gasteiger partial charge in [0.1, 0.15) is 11.7 Å². The molecular weight excluding hydrogens is 320 g/mol. The number of alkyl halides is 2. The quantitative estimate of drug-likeness (QED) is 0.838. The van der Waals surface area contributed by atoms with E-state index in [1.54, 1.807) is 23.4 Å². The van der Waals surface area contributed by atoms with Crippen LogP contribution in [0.1, 0.15) is 25.7 Å². The fourth-order valence-electron chi connectivity index (χ4n) is 3.70. The van der Waals surface area contributed by atoms with Gasteiger partial charge in [-0.3, -0.25) is 4.79 Å². The Labute approximate surface area is 138 Å². The number of hydrogen-bond acceptors (Lipinski definition) is 5. The lowest BCUT2D eigenvalue weighted by atomic mass is 9.77. The largest absolute Gasteiger partial charge is 0.460 e. The van der Waals surface area contributed by atoms with Crippen LogP contribution in [0.15, 0.2) is 18.5 Å². The highest BCUT2D eigenvalue weighted by Gasteiger charge is 2.55. The van der Waals surface area contributed by atoms with E-state index >= 15 is 0 Å². The third-order valence-corrected chi connectivity index (χ3v) is 4.97. The number of hydrogen-bond donors (Lipinski definition) is 0. The maximum absolute atomic E-state index is 12.9. The molecule has 1 aliphatic carbocycles. The Hall–Kier alpha value is -1.83. The molecule has 0 aromatic carbocycles. The summed E-state index contributed by atoms with van der Waals surface area (Å²) in [6.07, 6.45) is 3.91. The van der Waals surface area contributed by atoms with Crippen LogP contribution >= 0.6 is 0 Å². The maximum atomic E-state index is 12.9. The molecule has 1 saturated carbocycles. The van der Waals surface area contributed by atoms with E-state index < -0.39 is 17.4 Å². The Morgan fingerprint density at radius 2 is 1.96 bits per heavy atom. The van der Waals surface area contributed by atoms with Gasteiger partial charge in [0.2, 0.25) is 11.8 Å². The monoisotopic (exact) mass is 339 g/mol. The Morgan fingerprint density at radius 3 is 2.62 bits per heavy atom. The van der Waals surface area contributed by atoms with E-state index in [9.17, 15) is 13.6 Å². The molecule has 3 heterocycles. The molecule has 8 heteroatoms. The normalized spacial score (nSPS) is 28.1. The summed E-state index contributed by atoms with van der Waals surface area (Å²) in [6, 6.07) is 2.06.